The number of sulfonamides is 1. The molecule has 1 amide bonds. The summed E-state index contributed by atoms with van der Waals surface area (Å²) in [4.78, 5) is 12.7. The van der Waals surface area contributed by atoms with Crippen LogP contribution in [0.3, 0.4) is 0 Å². The van der Waals surface area contributed by atoms with Crippen LogP contribution in [0, 0.1) is 0 Å². The van der Waals surface area contributed by atoms with E-state index in [4.69, 9.17) is 9.47 Å². The molecule has 5 rings (SSSR count). The van der Waals surface area contributed by atoms with Gasteiger partial charge in [0.2, 0.25) is 16.8 Å². The van der Waals surface area contributed by atoms with Crippen molar-refractivity contribution < 1.29 is 22.7 Å². The maximum atomic E-state index is 12.7. The fourth-order valence-corrected chi connectivity index (χ4v) is 4.60. The summed E-state index contributed by atoms with van der Waals surface area (Å²) in [6.07, 6.45) is 0. The molecule has 4 aromatic carbocycles. The summed E-state index contributed by atoms with van der Waals surface area (Å²) in [6.45, 7) is 0.276. The van der Waals surface area contributed by atoms with Gasteiger partial charge in [-0.05, 0) is 52.7 Å². The van der Waals surface area contributed by atoms with Crippen LogP contribution in [0.2, 0.25) is 0 Å². The van der Waals surface area contributed by atoms with Gasteiger partial charge in [0.15, 0.2) is 11.5 Å². The molecule has 7 nitrogen and oxygen atoms in total. The standard InChI is InChI=1S/C25H20N2O5S/c28-25(27-21-10-12-23-24(14-21)32-16-31-23)19-7-5-17(6-8-19)15-26-33(29,30)22-11-9-18-3-1-2-4-20(18)13-22/h1-14,26H,15-16H2,(H,27,28). The summed E-state index contributed by atoms with van der Waals surface area (Å²) in [7, 11) is -3.67. The average molecular weight is 461 g/mol. The Balaban J connectivity index is 1.23. The van der Waals surface area contributed by atoms with Gasteiger partial charge in [0, 0.05) is 23.9 Å². The van der Waals surface area contributed by atoms with Gasteiger partial charge in [-0.1, -0.05) is 42.5 Å². The molecule has 1 aliphatic heterocycles. The molecule has 4 aromatic rings. The number of carbonyl (C=O) groups is 1. The predicted molar refractivity (Wildman–Crippen MR) is 125 cm³/mol. The van der Waals surface area contributed by atoms with Gasteiger partial charge in [0.05, 0.1) is 4.90 Å². The van der Waals surface area contributed by atoms with Crippen molar-refractivity contribution in [2.24, 2.45) is 0 Å². The van der Waals surface area contributed by atoms with Gasteiger partial charge in [0.25, 0.3) is 5.91 Å². The highest BCUT2D eigenvalue weighted by molar-refractivity contribution is 7.89. The van der Waals surface area contributed by atoms with Crippen molar-refractivity contribution in [3.05, 3.63) is 96.1 Å². The smallest absolute Gasteiger partial charge is 0.255 e. The number of hydrogen-bond acceptors (Lipinski definition) is 5. The quantitative estimate of drug-likeness (QED) is 0.448. The maximum Gasteiger partial charge on any atom is 0.255 e. The first kappa shape index (κ1) is 21.0. The van der Waals surface area contributed by atoms with E-state index in [1.54, 1.807) is 60.7 Å². The lowest BCUT2D eigenvalue weighted by molar-refractivity contribution is 0.102. The molecule has 0 bridgehead atoms. The first-order chi connectivity index (χ1) is 16.0. The van der Waals surface area contributed by atoms with Crippen LogP contribution in [0.15, 0.2) is 89.8 Å². The lowest BCUT2D eigenvalue weighted by Crippen LogP contribution is -2.23. The van der Waals surface area contributed by atoms with Gasteiger partial charge in [-0.3, -0.25) is 4.79 Å². The number of hydrogen-bond donors (Lipinski definition) is 2. The number of carbonyl (C=O) groups excluding carboxylic acids is 1. The van der Waals surface area contributed by atoms with Crippen molar-refractivity contribution in [2.75, 3.05) is 12.1 Å². The first-order valence-corrected chi connectivity index (χ1v) is 11.7. The van der Waals surface area contributed by atoms with Crippen molar-refractivity contribution in [3.8, 4) is 11.5 Å². The van der Waals surface area contributed by atoms with Crippen LogP contribution in [-0.4, -0.2) is 21.1 Å². The summed E-state index contributed by atoms with van der Waals surface area (Å²) in [5, 5.41) is 4.65. The number of amides is 1. The summed E-state index contributed by atoms with van der Waals surface area (Å²) < 4.78 is 38.6. The normalized spacial score (nSPS) is 12.6. The molecule has 0 aromatic heterocycles. The zero-order valence-corrected chi connectivity index (χ0v) is 18.3. The minimum absolute atomic E-state index is 0.110. The molecule has 8 heteroatoms. The van der Waals surface area contributed by atoms with Crippen LogP contribution in [0.1, 0.15) is 15.9 Å². The van der Waals surface area contributed by atoms with Crippen LogP contribution in [0.4, 0.5) is 5.69 Å². The van der Waals surface area contributed by atoms with Crippen LogP contribution >= 0.6 is 0 Å². The van der Waals surface area contributed by atoms with Crippen molar-refractivity contribution in [1.29, 1.82) is 0 Å². The molecule has 1 aliphatic rings. The van der Waals surface area contributed by atoms with E-state index in [1.807, 2.05) is 24.3 Å². The third-order valence-electron chi connectivity index (χ3n) is 5.34. The lowest BCUT2D eigenvalue weighted by atomic mass is 10.1. The average Bonchev–Trinajstić information content (AvgIpc) is 3.31. The van der Waals surface area contributed by atoms with Crippen LogP contribution in [0.25, 0.3) is 10.8 Å². The highest BCUT2D eigenvalue weighted by Gasteiger charge is 2.16. The molecule has 1 heterocycles. The Hall–Kier alpha value is -3.88. The predicted octanol–water partition coefficient (Wildman–Crippen LogP) is 4.30. The molecule has 0 fully saturated rings. The SMILES string of the molecule is O=C(Nc1ccc2c(c1)OCO2)c1ccc(CNS(=O)(=O)c2ccc3ccccc3c2)cc1. The molecule has 0 aliphatic carbocycles. The second-order valence-corrected chi connectivity index (χ2v) is 9.32. The molecule has 33 heavy (non-hydrogen) atoms. The van der Waals surface area contributed by atoms with Crippen molar-refractivity contribution in [2.45, 2.75) is 11.4 Å². The third kappa shape index (κ3) is 4.52. The second kappa shape index (κ2) is 8.57. The van der Waals surface area contributed by atoms with E-state index >= 15 is 0 Å². The molecule has 0 atom stereocenters. The van der Waals surface area contributed by atoms with E-state index in [9.17, 15) is 13.2 Å². The summed E-state index contributed by atoms with van der Waals surface area (Å²) >= 11 is 0. The van der Waals surface area contributed by atoms with Crippen LogP contribution < -0.4 is 19.5 Å². The Morgan fingerprint density at radius 3 is 2.39 bits per heavy atom. The topological polar surface area (TPSA) is 93.7 Å². The fraction of sp³-hybridized carbons (Fsp3) is 0.0800. The highest BCUT2D eigenvalue weighted by Crippen LogP contribution is 2.34. The Morgan fingerprint density at radius 1 is 0.818 bits per heavy atom. The molecule has 2 N–H and O–H groups in total. The van der Waals surface area contributed by atoms with Crippen LogP contribution in [0.5, 0.6) is 11.5 Å². The number of ether oxygens (including phenoxy) is 2. The van der Waals surface area contributed by atoms with Crippen molar-refractivity contribution in [3.63, 3.8) is 0 Å². The van der Waals surface area contributed by atoms with Gasteiger partial charge >= 0.3 is 0 Å². The van der Waals surface area contributed by atoms with Crippen molar-refractivity contribution in [1.82, 2.24) is 4.72 Å². The molecule has 0 unspecified atom stereocenters. The summed E-state index contributed by atoms with van der Waals surface area (Å²) in [5.41, 5.74) is 1.78. The third-order valence-corrected chi connectivity index (χ3v) is 6.74. The number of nitrogens with one attached hydrogen (secondary N) is 2. The summed E-state index contributed by atoms with van der Waals surface area (Å²) in [6, 6.07) is 24.6. The monoisotopic (exact) mass is 460 g/mol. The molecule has 0 saturated heterocycles. The van der Waals surface area contributed by atoms with Crippen molar-refractivity contribution >= 4 is 32.4 Å². The highest BCUT2D eigenvalue weighted by atomic mass is 32.2. The first-order valence-electron chi connectivity index (χ1n) is 10.3. The van der Waals surface area contributed by atoms with Gasteiger partial charge < -0.3 is 14.8 Å². The Kier molecular flexibility index (Phi) is 5.45. The molecule has 166 valence electrons. The van der Waals surface area contributed by atoms with E-state index in [1.165, 1.54) is 0 Å². The van der Waals surface area contributed by atoms with Gasteiger partial charge in [-0.2, -0.15) is 0 Å². The zero-order valence-electron chi connectivity index (χ0n) is 17.4. The molecular formula is C25H20N2O5S. The molecule has 0 spiro atoms. The van der Waals surface area contributed by atoms with E-state index in [2.05, 4.69) is 10.0 Å². The summed E-state index contributed by atoms with van der Waals surface area (Å²) in [5.74, 6) is 0.947. The fourth-order valence-electron chi connectivity index (χ4n) is 3.55. The minimum Gasteiger partial charge on any atom is -0.454 e. The van der Waals surface area contributed by atoms with E-state index < -0.39 is 10.0 Å². The van der Waals surface area contributed by atoms with Gasteiger partial charge in [-0.25, -0.2) is 13.1 Å². The van der Waals surface area contributed by atoms with Gasteiger partial charge in [-0.15, -0.1) is 0 Å². The molecule has 0 saturated carbocycles. The molecule has 0 radical (unpaired) electrons. The number of rotatable bonds is 6. The number of anilines is 1. The van der Waals surface area contributed by atoms with E-state index in [-0.39, 0.29) is 24.1 Å². The van der Waals surface area contributed by atoms with Gasteiger partial charge in [0.1, 0.15) is 0 Å². The minimum atomic E-state index is -3.67. The Labute approximate surface area is 191 Å². The van der Waals surface area contributed by atoms with E-state index in [0.717, 1.165) is 16.3 Å². The Bertz CT molecular complexity index is 1450. The number of fused-ring (bicyclic) bond motifs is 2. The van der Waals surface area contributed by atoms with Crippen LogP contribution in [-0.2, 0) is 16.6 Å². The molecular weight excluding hydrogens is 440 g/mol. The Morgan fingerprint density at radius 2 is 1.58 bits per heavy atom. The number of benzene rings is 4. The maximum absolute atomic E-state index is 12.7. The lowest BCUT2D eigenvalue weighted by Gasteiger charge is -2.09. The second-order valence-electron chi connectivity index (χ2n) is 7.55. The largest absolute Gasteiger partial charge is 0.454 e. The zero-order chi connectivity index (χ0) is 22.8. The van der Waals surface area contributed by atoms with E-state index in [0.29, 0.717) is 22.7 Å².